The fourth-order valence-electron chi connectivity index (χ4n) is 4.08. The third-order valence-electron chi connectivity index (χ3n) is 5.83. The molecule has 2 aromatic carbocycles. The van der Waals surface area contributed by atoms with E-state index in [0.717, 1.165) is 22.3 Å². The summed E-state index contributed by atoms with van der Waals surface area (Å²) in [6.07, 6.45) is -3.15. The van der Waals surface area contributed by atoms with Crippen LogP contribution in [-0.4, -0.2) is 31.1 Å². The molecule has 0 aliphatic carbocycles. The topological polar surface area (TPSA) is 102 Å². The number of alkyl halides is 3. The quantitative estimate of drug-likeness (QED) is 0.361. The molecule has 4 aromatic rings. The van der Waals surface area contributed by atoms with Gasteiger partial charge in [-0.2, -0.15) is 10.5 Å². The fraction of sp³-hybridized carbons (Fsp3) is 0.240. The second-order valence-corrected chi connectivity index (χ2v) is 9.21. The molecule has 5 rings (SSSR count). The molecule has 0 radical (unpaired) electrons. The number of hydrogen-bond donors (Lipinski definition) is 1. The van der Waals surface area contributed by atoms with Crippen LogP contribution in [0.4, 0.5) is 13.2 Å². The van der Waals surface area contributed by atoms with Crippen LogP contribution in [0.3, 0.4) is 0 Å². The first kappa shape index (κ1) is 26.4. The van der Waals surface area contributed by atoms with Gasteiger partial charge in [-0.3, -0.25) is 18.5 Å². The zero-order valence-corrected chi connectivity index (χ0v) is 21.3. The van der Waals surface area contributed by atoms with E-state index in [4.69, 9.17) is 21.2 Å². The molecule has 0 saturated heterocycles. The van der Waals surface area contributed by atoms with Gasteiger partial charge in [-0.1, -0.05) is 29.8 Å². The zero-order valence-electron chi connectivity index (χ0n) is 20.5. The molecule has 3 heterocycles. The number of hydrogen-bond acceptors (Lipinski definition) is 7. The number of rotatable bonds is 7. The summed E-state index contributed by atoms with van der Waals surface area (Å²) >= 11 is 6.01. The Morgan fingerprint density at radius 3 is 2.46 bits per heavy atom. The highest BCUT2D eigenvalue weighted by Gasteiger charge is 2.31. The van der Waals surface area contributed by atoms with Gasteiger partial charge in [-0.25, -0.2) is 4.79 Å². The number of imidazole rings is 1. The largest absolute Gasteiger partial charge is 0.573 e. The number of halogens is 4. The van der Waals surface area contributed by atoms with Gasteiger partial charge in [0.2, 0.25) is 0 Å². The molecule has 2 aromatic heterocycles. The van der Waals surface area contributed by atoms with Gasteiger partial charge in [0.15, 0.2) is 11.2 Å². The summed E-state index contributed by atoms with van der Waals surface area (Å²) in [6, 6.07) is 11.5. The molecule has 1 atom stereocenters. The molecule has 204 valence electrons. The van der Waals surface area contributed by atoms with E-state index in [1.54, 1.807) is 30.3 Å². The number of fused-ring (bicyclic) bond motifs is 1. The minimum Gasteiger partial charge on any atom is -0.425 e. The van der Waals surface area contributed by atoms with Crippen LogP contribution in [0.2, 0.25) is 5.02 Å². The standard InChI is InChI=1S/C25H21ClF3N5O5/c1-14-10-19(39-31-14)13-34-22(35)20-21(32(2)24(34)36)30-23(33(20)12-15-6-8-16(26)9-7-15)37-17-4-3-5-18(11-17)38-25(27,28)29/h3-11,14,31H,12-13H2,1-2H3. The van der Waals surface area contributed by atoms with E-state index in [-0.39, 0.29) is 42.1 Å². The Morgan fingerprint density at radius 2 is 1.79 bits per heavy atom. The van der Waals surface area contributed by atoms with Gasteiger partial charge in [0.05, 0.1) is 19.1 Å². The van der Waals surface area contributed by atoms with Crippen molar-refractivity contribution < 1.29 is 27.5 Å². The lowest BCUT2D eigenvalue weighted by molar-refractivity contribution is -0.274. The molecular weight excluding hydrogens is 543 g/mol. The number of ether oxygens (including phenoxy) is 2. The second-order valence-electron chi connectivity index (χ2n) is 8.78. The first-order valence-electron chi connectivity index (χ1n) is 11.6. The van der Waals surface area contributed by atoms with E-state index in [2.05, 4.69) is 15.2 Å². The Morgan fingerprint density at radius 1 is 1.08 bits per heavy atom. The predicted octanol–water partition coefficient (Wildman–Crippen LogP) is 4.10. The maximum absolute atomic E-state index is 13.7. The third kappa shape index (κ3) is 5.64. The Labute approximate surface area is 223 Å². The molecule has 0 saturated carbocycles. The van der Waals surface area contributed by atoms with Crippen molar-refractivity contribution in [3.05, 3.63) is 91.8 Å². The predicted molar refractivity (Wildman–Crippen MR) is 135 cm³/mol. The van der Waals surface area contributed by atoms with Crippen molar-refractivity contribution in [3.8, 4) is 17.5 Å². The summed E-state index contributed by atoms with van der Waals surface area (Å²) in [5.41, 5.74) is 2.24. The number of nitrogens with zero attached hydrogens (tertiary/aromatic N) is 4. The van der Waals surface area contributed by atoms with E-state index in [1.165, 1.54) is 28.3 Å². The van der Waals surface area contributed by atoms with Crippen LogP contribution in [0, 0.1) is 0 Å². The SMILES string of the molecule is CC1C=C(Cn2c(=O)c3c(nc(Oc4cccc(OC(F)(F)F)c4)n3Cc3ccc(Cl)cc3)n(C)c2=O)ON1. The molecule has 1 aliphatic heterocycles. The van der Waals surface area contributed by atoms with Crippen molar-refractivity contribution in [1.82, 2.24) is 24.2 Å². The number of hydroxylamine groups is 1. The molecule has 0 amide bonds. The van der Waals surface area contributed by atoms with Crippen LogP contribution in [0.5, 0.6) is 17.5 Å². The highest BCUT2D eigenvalue weighted by Crippen LogP contribution is 2.30. The van der Waals surface area contributed by atoms with Crippen molar-refractivity contribution in [1.29, 1.82) is 0 Å². The Kier molecular flexibility index (Phi) is 6.87. The summed E-state index contributed by atoms with van der Waals surface area (Å²) in [4.78, 5) is 36.5. The maximum atomic E-state index is 13.7. The van der Waals surface area contributed by atoms with Gasteiger partial charge in [0.25, 0.3) is 5.56 Å². The van der Waals surface area contributed by atoms with Crippen LogP contribution in [-0.2, 0) is 25.0 Å². The molecule has 1 aliphatic rings. The van der Waals surface area contributed by atoms with Crippen LogP contribution in [0.1, 0.15) is 12.5 Å². The smallest absolute Gasteiger partial charge is 0.425 e. The molecule has 1 N–H and O–H groups in total. The Balaban J connectivity index is 1.64. The van der Waals surface area contributed by atoms with Gasteiger partial charge in [0.1, 0.15) is 17.3 Å². The summed E-state index contributed by atoms with van der Waals surface area (Å²) in [7, 11) is 1.45. The van der Waals surface area contributed by atoms with Gasteiger partial charge >= 0.3 is 18.1 Å². The van der Waals surface area contributed by atoms with Crippen molar-refractivity contribution in [2.24, 2.45) is 7.05 Å². The highest BCUT2D eigenvalue weighted by molar-refractivity contribution is 6.30. The van der Waals surface area contributed by atoms with Crippen LogP contribution >= 0.6 is 11.6 Å². The molecule has 10 nitrogen and oxygen atoms in total. The number of nitrogens with one attached hydrogen (secondary N) is 1. The van der Waals surface area contributed by atoms with E-state index in [9.17, 15) is 22.8 Å². The second kappa shape index (κ2) is 10.2. The first-order valence-corrected chi connectivity index (χ1v) is 12.0. The van der Waals surface area contributed by atoms with E-state index in [0.29, 0.717) is 10.8 Å². The average Bonchev–Trinajstić information content (AvgIpc) is 3.44. The molecule has 39 heavy (non-hydrogen) atoms. The highest BCUT2D eigenvalue weighted by atomic mass is 35.5. The average molecular weight is 564 g/mol. The number of aromatic nitrogens is 4. The number of aryl methyl sites for hydroxylation is 1. The number of benzene rings is 2. The van der Waals surface area contributed by atoms with Crippen molar-refractivity contribution in [2.45, 2.75) is 32.4 Å². The first-order chi connectivity index (χ1) is 18.5. The van der Waals surface area contributed by atoms with Crippen LogP contribution < -0.4 is 26.2 Å². The van der Waals surface area contributed by atoms with E-state index >= 15 is 0 Å². The molecule has 0 fully saturated rings. The Hall–Kier alpha value is -4.23. The van der Waals surface area contributed by atoms with Gasteiger partial charge in [0, 0.05) is 18.1 Å². The monoisotopic (exact) mass is 563 g/mol. The summed E-state index contributed by atoms with van der Waals surface area (Å²) in [5, 5.41) is 0.504. The maximum Gasteiger partial charge on any atom is 0.573 e. The van der Waals surface area contributed by atoms with Gasteiger partial charge < -0.3 is 14.3 Å². The number of allylic oxidation sites excluding steroid dienone is 1. The van der Waals surface area contributed by atoms with Gasteiger partial charge in [-0.05, 0) is 42.8 Å². The zero-order chi connectivity index (χ0) is 27.9. The molecule has 1 unspecified atom stereocenters. The molecule has 14 heteroatoms. The molecule has 0 bridgehead atoms. The minimum absolute atomic E-state index is 0.0284. The Bertz CT molecular complexity index is 1690. The minimum atomic E-state index is -4.89. The van der Waals surface area contributed by atoms with Gasteiger partial charge in [-0.15, -0.1) is 13.2 Å². The van der Waals surface area contributed by atoms with Crippen LogP contribution in [0.25, 0.3) is 11.2 Å². The third-order valence-corrected chi connectivity index (χ3v) is 6.08. The lowest BCUT2D eigenvalue weighted by Crippen LogP contribution is -2.40. The lowest BCUT2D eigenvalue weighted by atomic mass is 10.2. The summed E-state index contributed by atoms with van der Waals surface area (Å²) in [5.74, 6) is -0.134. The summed E-state index contributed by atoms with van der Waals surface area (Å²) < 4.78 is 51.7. The fourth-order valence-corrected chi connectivity index (χ4v) is 4.21. The normalized spacial score (nSPS) is 15.3. The van der Waals surface area contributed by atoms with Crippen LogP contribution in [0.15, 0.2) is 70.0 Å². The van der Waals surface area contributed by atoms with Crippen molar-refractivity contribution in [2.75, 3.05) is 0 Å². The summed E-state index contributed by atoms with van der Waals surface area (Å²) in [6.45, 7) is 1.79. The molecule has 0 spiro atoms. The molecular formula is C25H21ClF3N5O5. The lowest BCUT2D eigenvalue weighted by Gasteiger charge is -2.13. The van der Waals surface area contributed by atoms with E-state index < -0.39 is 23.4 Å². The van der Waals surface area contributed by atoms with E-state index in [1.807, 2.05) is 6.92 Å². The van der Waals surface area contributed by atoms with Crippen molar-refractivity contribution >= 4 is 22.8 Å². The van der Waals surface area contributed by atoms with Crippen molar-refractivity contribution in [3.63, 3.8) is 0 Å².